The van der Waals surface area contributed by atoms with Gasteiger partial charge in [-0.3, -0.25) is 14.9 Å². The monoisotopic (exact) mass is 343 g/mol. The van der Waals surface area contributed by atoms with Gasteiger partial charge in [0.2, 0.25) is 5.91 Å². The fraction of sp³-hybridized carbons (Fsp3) is 0.867. The lowest BCUT2D eigenvalue weighted by Gasteiger charge is -2.30. The lowest BCUT2D eigenvalue weighted by atomic mass is 9.81. The third kappa shape index (κ3) is 5.17. The molecule has 0 aliphatic carbocycles. The first-order valence-corrected chi connectivity index (χ1v) is 8.47. The standard InChI is InChI=1S/C15H30BN3O5/c1-10(2)12(17)13(20)19(3)11-8-15(14(21)22,18-9-11)6-4-5-7-16(23)24/h10-12,18,23-24H,4-9,17H2,1-3H3,(H,21,22)/t11-,12+,15-/m1/s1. The minimum Gasteiger partial charge on any atom is -0.480 e. The number of hydrogen-bond acceptors (Lipinski definition) is 6. The molecule has 1 fully saturated rings. The van der Waals surface area contributed by atoms with Gasteiger partial charge in [0.15, 0.2) is 0 Å². The number of rotatable bonds is 9. The van der Waals surface area contributed by atoms with Crippen molar-refractivity contribution in [2.45, 2.75) is 63.5 Å². The molecule has 9 heteroatoms. The molecular formula is C15H30BN3O5. The zero-order valence-corrected chi connectivity index (χ0v) is 14.7. The van der Waals surface area contributed by atoms with Gasteiger partial charge in [0.05, 0.1) is 6.04 Å². The Hall–Kier alpha value is -1.16. The van der Waals surface area contributed by atoms with Crippen LogP contribution in [0.25, 0.3) is 0 Å². The molecule has 1 saturated heterocycles. The summed E-state index contributed by atoms with van der Waals surface area (Å²) in [5, 5.41) is 30.4. The van der Waals surface area contributed by atoms with E-state index >= 15 is 0 Å². The van der Waals surface area contributed by atoms with E-state index in [4.69, 9.17) is 15.8 Å². The molecular weight excluding hydrogens is 313 g/mol. The van der Waals surface area contributed by atoms with Crippen LogP contribution in [0.1, 0.15) is 39.5 Å². The molecule has 1 aliphatic rings. The summed E-state index contributed by atoms with van der Waals surface area (Å²) in [5.41, 5.74) is 4.83. The van der Waals surface area contributed by atoms with Crippen LogP contribution in [-0.2, 0) is 9.59 Å². The Balaban J connectivity index is 2.66. The Bertz CT molecular complexity index is 449. The molecule has 3 atom stereocenters. The lowest BCUT2D eigenvalue weighted by Crippen LogP contribution is -2.49. The van der Waals surface area contributed by atoms with E-state index in [9.17, 15) is 14.7 Å². The van der Waals surface area contributed by atoms with Crippen LogP contribution < -0.4 is 11.1 Å². The van der Waals surface area contributed by atoms with Gasteiger partial charge in [-0.05, 0) is 25.1 Å². The zero-order chi connectivity index (χ0) is 18.5. The van der Waals surface area contributed by atoms with Crippen molar-refractivity contribution in [3.05, 3.63) is 0 Å². The minimum absolute atomic E-state index is 0.0171. The SMILES string of the molecule is CC(C)[C@H](N)C(=O)N(C)[C@H]1CN[C@@](CCCCB(O)O)(C(=O)O)C1. The van der Waals surface area contributed by atoms with Gasteiger partial charge in [-0.1, -0.05) is 26.7 Å². The maximum absolute atomic E-state index is 12.4. The number of carbonyl (C=O) groups is 2. The lowest BCUT2D eigenvalue weighted by molar-refractivity contribution is -0.145. The van der Waals surface area contributed by atoms with Crippen LogP contribution >= 0.6 is 0 Å². The van der Waals surface area contributed by atoms with Crippen LogP contribution in [0.15, 0.2) is 0 Å². The fourth-order valence-electron chi connectivity index (χ4n) is 3.05. The van der Waals surface area contributed by atoms with E-state index in [-0.39, 0.29) is 24.2 Å². The second-order valence-electron chi connectivity index (χ2n) is 7.07. The van der Waals surface area contributed by atoms with Crippen molar-refractivity contribution in [3.8, 4) is 0 Å². The number of aliphatic carboxylic acids is 1. The molecule has 1 heterocycles. The van der Waals surface area contributed by atoms with E-state index in [0.29, 0.717) is 32.2 Å². The number of likely N-dealkylation sites (N-methyl/N-ethyl adjacent to an activating group) is 1. The second-order valence-corrected chi connectivity index (χ2v) is 7.07. The van der Waals surface area contributed by atoms with Gasteiger partial charge in [0.25, 0.3) is 0 Å². The predicted molar refractivity (Wildman–Crippen MR) is 91.2 cm³/mol. The molecule has 138 valence electrons. The number of carbonyl (C=O) groups excluding carboxylic acids is 1. The smallest absolute Gasteiger partial charge is 0.451 e. The topological polar surface area (TPSA) is 136 Å². The molecule has 0 aromatic rings. The summed E-state index contributed by atoms with van der Waals surface area (Å²) in [7, 11) is 0.299. The summed E-state index contributed by atoms with van der Waals surface area (Å²) in [6.45, 7) is 4.16. The molecule has 1 amide bonds. The van der Waals surface area contributed by atoms with Crippen LogP contribution in [0.2, 0.25) is 6.32 Å². The van der Waals surface area contributed by atoms with Crippen molar-refractivity contribution < 1.29 is 24.7 Å². The first kappa shape index (κ1) is 20.9. The number of amides is 1. The van der Waals surface area contributed by atoms with E-state index in [1.165, 1.54) is 0 Å². The quantitative estimate of drug-likeness (QED) is 0.275. The number of carboxylic acids is 1. The third-order valence-corrected chi connectivity index (χ3v) is 4.88. The molecule has 0 radical (unpaired) electrons. The summed E-state index contributed by atoms with van der Waals surface area (Å²) in [4.78, 5) is 25.7. The van der Waals surface area contributed by atoms with Gasteiger partial charge in [-0.2, -0.15) is 0 Å². The van der Waals surface area contributed by atoms with Gasteiger partial charge >= 0.3 is 13.1 Å². The van der Waals surface area contributed by atoms with Crippen molar-refractivity contribution in [3.63, 3.8) is 0 Å². The maximum Gasteiger partial charge on any atom is 0.451 e. The summed E-state index contributed by atoms with van der Waals surface area (Å²) < 4.78 is 0. The van der Waals surface area contributed by atoms with E-state index in [0.717, 1.165) is 0 Å². The van der Waals surface area contributed by atoms with Crippen LogP contribution in [-0.4, -0.2) is 70.3 Å². The van der Waals surface area contributed by atoms with E-state index < -0.39 is 24.7 Å². The Morgan fingerprint density at radius 2 is 2.00 bits per heavy atom. The molecule has 1 aliphatic heterocycles. The Morgan fingerprint density at radius 3 is 2.50 bits per heavy atom. The molecule has 6 N–H and O–H groups in total. The maximum atomic E-state index is 12.4. The van der Waals surface area contributed by atoms with Crippen LogP contribution in [0.3, 0.4) is 0 Å². The average molecular weight is 343 g/mol. The van der Waals surface area contributed by atoms with E-state index in [1.807, 2.05) is 13.8 Å². The molecule has 0 aromatic carbocycles. The Labute approximate surface area is 143 Å². The van der Waals surface area contributed by atoms with Crippen LogP contribution in [0.5, 0.6) is 0 Å². The van der Waals surface area contributed by atoms with Crippen molar-refractivity contribution in [2.24, 2.45) is 11.7 Å². The molecule has 1 rings (SSSR count). The molecule has 0 unspecified atom stereocenters. The van der Waals surface area contributed by atoms with Gasteiger partial charge in [-0.25, -0.2) is 0 Å². The van der Waals surface area contributed by atoms with Gasteiger partial charge < -0.3 is 25.8 Å². The minimum atomic E-state index is -1.36. The highest BCUT2D eigenvalue weighted by Crippen LogP contribution is 2.29. The van der Waals surface area contributed by atoms with Crippen molar-refractivity contribution in [2.75, 3.05) is 13.6 Å². The summed E-state index contributed by atoms with van der Waals surface area (Å²) in [6, 6.07) is -0.817. The van der Waals surface area contributed by atoms with Crippen LogP contribution in [0.4, 0.5) is 0 Å². The third-order valence-electron chi connectivity index (χ3n) is 4.88. The number of hydrogen-bond donors (Lipinski definition) is 5. The first-order valence-electron chi connectivity index (χ1n) is 8.47. The molecule has 0 bridgehead atoms. The van der Waals surface area contributed by atoms with Gasteiger partial charge in [0.1, 0.15) is 5.54 Å². The summed E-state index contributed by atoms with van der Waals surface area (Å²) in [5.74, 6) is -1.10. The van der Waals surface area contributed by atoms with E-state index in [2.05, 4.69) is 5.32 Å². The fourth-order valence-corrected chi connectivity index (χ4v) is 3.05. The Kier molecular flexibility index (Phi) is 7.66. The normalized spacial score (nSPS) is 24.9. The van der Waals surface area contributed by atoms with E-state index in [1.54, 1.807) is 11.9 Å². The molecule has 8 nitrogen and oxygen atoms in total. The largest absolute Gasteiger partial charge is 0.480 e. The van der Waals surface area contributed by atoms with Crippen molar-refractivity contribution >= 4 is 19.0 Å². The number of carboxylic acid groups (broad SMARTS) is 1. The number of nitrogens with zero attached hydrogens (tertiary/aromatic N) is 1. The average Bonchev–Trinajstić information content (AvgIpc) is 2.95. The van der Waals surface area contributed by atoms with Crippen molar-refractivity contribution in [1.82, 2.24) is 10.2 Å². The van der Waals surface area contributed by atoms with Crippen LogP contribution in [0, 0.1) is 5.92 Å². The number of nitrogens with two attached hydrogens (primary N) is 1. The highest BCUT2D eigenvalue weighted by molar-refractivity contribution is 6.40. The zero-order valence-electron chi connectivity index (χ0n) is 14.7. The Morgan fingerprint density at radius 1 is 1.38 bits per heavy atom. The highest BCUT2D eigenvalue weighted by atomic mass is 16.4. The van der Waals surface area contributed by atoms with Crippen molar-refractivity contribution in [1.29, 1.82) is 0 Å². The number of unbranched alkanes of at least 4 members (excludes halogenated alkanes) is 1. The van der Waals surface area contributed by atoms with Gasteiger partial charge in [-0.15, -0.1) is 0 Å². The summed E-state index contributed by atoms with van der Waals surface area (Å²) >= 11 is 0. The number of nitrogens with one attached hydrogen (secondary N) is 1. The van der Waals surface area contributed by atoms with Gasteiger partial charge in [0, 0.05) is 19.6 Å². The first-order chi connectivity index (χ1) is 11.1. The molecule has 24 heavy (non-hydrogen) atoms. The highest BCUT2D eigenvalue weighted by Gasteiger charge is 2.46. The second kappa shape index (κ2) is 8.80. The predicted octanol–water partition coefficient (Wildman–Crippen LogP) is -0.743. The molecule has 0 spiro atoms. The molecule has 0 saturated carbocycles. The summed E-state index contributed by atoms with van der Waals surface area (Å²) in [6.07, 6.45) is 2.01. The molecule has 0 aromatic heterocycles.